The van der Waals surface area contributed by atoms with Gasteiger partial charge in [0.25, 0.3) is 0 Å². The quantitative estimate of drug-likeness (QED) is 0.777. The van der Waals surface area contributed by atoms with Gasteiger partial charge in [0, 0.05) is 18.6 Å². The molecule has 0 bridgehead atoms. The lowest BCUT2D eigenvalue weighted by Gasteiger charge is -2.30. The highest BCUT2D eigenvalue weighted by atomic mass is 19.4. The molecule has 1 unspecified atom stereocenters. The van der Waals surface area contributed by atoms with Crippen molar-refractivity contribution < 1.29 is 13.2 Å². The second kappa shape index (κ2) is 6.10. The van der Waals surface area contributed by atoms with Crippen LogP contribution in [0.15, 0.2) is 0 Å². The van der Waals surface area contributed by atoms with Crippen LogP contribution in [0.4, 0.5) is 13.2 Å². The molecule has 0 saturated heterocycles. The van der Waals surface area contributed by atoms with Crippen molar-refractivity contribution in [3.8, 4) is 6.07 Å². The third-order valence-corrected chi connectivity index (χ3v) is 3.20. The second-order valence-electron chi connectivity index (χ2n) is 5.81. The van der Waals surface area contributed by atoms with E-state index in [0.717, 1.165) is 12.8 Å². The van der Waals surface area contributed by atoms with Gasteiger partial charge in [-0.3, -0.25) is 10.2 Å². The van der Waals surface area contributed by atoms with Crippen molar-refractivity contribution in [3.05, 3.63) is 0 Å². The molecule has 0 aliphatic heterocycles. The van der Waals surface area contributed by atoms with Crippen molar-refractivity contribution in [1.82, 2.24) is 10.2 Å². The number of halogens is 3. The van der Waals surface area contributed by atoms with Gasteiger partial charge in [-0.2, -0.15) is 18.4 Å². The van der Waals surface area contributed by atoms with Crippen molar-refractivity contribution in [2.45, 2.75) is 63.8 Å². The van der Waals surface area contributed by atoms with Gasteiger partial charge < -0.3 is 0 Å². The Morgan fingerprint density at radius 2 is 1.95 bits per heavy atom. The summed E-state index contributed by atoms with van der Waals surface area (Å²) < 4.78 is 37.5. The first kappa shape index (κ1) is 16.3. The molecule has 1 atom stereocenters. The van der Waals surface area contributed by atoms with E-state index in [0.29, 0.717) is 13.0 Å². The second-order valence-corrected chi connectivity index (χ2v) is 5.81. The zero-order chi connectivity index (χ0) is 14.7. The maximum absolute atomic E-state index is 12.5. The van der Waals surface area contributed by atoms with E-state index in [-0.39, 0.29) is 12.1 Å². The van der Waals surface area contributed by atoms with Crippen molar-refractivity contribution in [3.63, 3.8) is 0 Å². The third-order valence-electron chi connectivity index (χ3n) is 3.20. The molecule has 0 aromatic carbocycles. The fourth-order valence-corrected chi connectivity index (χ4v) is 2.23. The number of hydrogen-bond acceptors (Lipinski definition) is 3. The van der Waals surface area contributed by atoms with E-state index in [1.165, 1.54) is 4.90 Å². The predicted octanol–water partition coefficient (Wildman–Crippen LogP) is 2.68. The first-order valence-corrected chi connectivity index (χ1v) is 6.65. The maximum Gasteiger partial charge on any atom is 0.401 e. The van der Waals surface area contributed by atoms with Gasteiger partial charge in [0.2, 0.25) is 0 Å². The number of alkyl halides is 3. The fourth-order valence-electron chi connectivity index (χ4n) is 2.23. The van der Waals surface area contributed by atoms with Crippen LogP contribution in [0.2, 0.25) is 0 Å². The smallest absolute Gasteiger partial charge is 0.297 e. The van der Waals surface area contributed by atoms with Crippen LogP contribution in [-0.4, -0.2) is 41.8 Å². The highest BCUT2D eigenvalue weighted by molar-refractivity contribution is 5.05. The summed E-state index contributed by atoms with van der Waals surface area (Å²) in [4.78, 5) is 1.46. The summed E-state index contributed by atoms with van der Waals surface area (Å²) in [5.41, 5.74) is -0.771. The van der Waals surface area contributed by atoms with E-state index < -0.39 is 18.3 Å². The van der Waals surface area contributed by atoms with Gasteiger partial charge in [-0.15, -0.1) is 0 Å². The average molecular weight is 277 g/mol. The standard InChI is InChI=1S/C13H22F3N3/c1-10(2)18-12(3,8-17)6-7-19(11-4-5-11)9-13(14,15)16/h10-11,18H,4-7,9H2,1-3H3. The Morgan fingerprint density at radius 3 is 2.32 bits per heavy atom. The van der Waals surface area contributed by atoms with Gasteiger partial charge >= 0.3 is 6.18 Å². The Bertz CT molecular complexity index is 331. The minimum atomic E-state index is -4.17. The van der Waals surface area contributed by atoms with Crippen LogP contribution in [0.5, 0.6) is 0 Å². The first-order chi connectivity index (χ1) is 8.65. The summed E-state index contributed by atoms with van der Waals surface area (Å²) in [6, 6.07) is 2.34. The van der Waals surface area contributed by atoms with Gasteiger partial charge in [-0.05, 0) is 40.0 Å². The van der Waals surface area contributed by atoms with Crippen LogP contribution >= 0.6 is 0 Å². The molecule has 1 fully saturated rings. The molecule has 1 rings (SSSR count). The van der Waals surface area contributed by atoms with E-state index in [1.807, 2.05) is 13.8 Å². The third kappa shape index (κ3) is 6.26. The molecule has 1 aliphatic rings. The largest absolute Gasteiger partial charge is 0.401 e. The number of nitrogens with zero attached hydrogens (tertiary/aromatic N) is 2. The molecule has 0 aromatic rings. The molecule has 1 aliphatic carbocycles. The number of hydrogen-bond donors (Lipinski definition) is 1. The summed E-state index contributed by atoms with van der Waals surface area (Å²) in [7, 11) is 0. The first-order valence-electron chi connectivity index (χ1n) is 6.65. The van der Waals surface area contributed by atoms with Crippen molar-refractivity contribution >= 4 is 0 Å². The monoisotopic (exact) mass is 277 g/mol. The average Bonchev–Trinajstić information content (AvgIpc) is 3.05. The van der Waals surface area contributed by atoms with Crippen LogP contribution < -0.4 is 5.32 Å². The summed E-state index contributed by atoms with van der Waals surface area (Å²) in [6.45, 7) is 5.01. The molecule has 0 amide bonds. The lowest BCUT2D eigenvalue weighted by Crippen LogP contribution is -2.48. The molecular weight excluding hydrogens is 255 g/mol. The van der Waals surface area contributed by atoms with E-state index in [2.05, 4.69) is 11.4 Å². The number of rotatable bonds is 7. The molecule has 0 spiro atoms. The zero-order valence-electron chi connectivity index (χ0n) is 11.7. The topological polar surface area (TPSA) is 39.1 Å². The molecule has 0 radical (unpaired) electrons. The Hall–Kier alpha value is -0.800. The molecule has 6 heteroatoms. The van der Waals surface area contributed by atoms with Gasteiger partial charge in [0.1, 0.15) is 5.54 Å². The van der Waals surface area contributed by atoms with Crippen LogP contribution in [0.25, 0.3) is 0 Å². The molecule has 3 nitrogen and oxygen atoms in total. The van der Waals surface area contributed by atoms with Crippen molar-refractivity contribution in [2.24, 2.45) is 0 Å². The minimum Gasteiger partial charge on any atom is -0.297 e. The van der Waals surface area contributed by atoms with Gasteiger partial charge in [-0.1, -0.05) is 0 Å². The van der Waals surface area contributed by atoms with E-state index in [9.17, 15) is 18.4 Å². The fraction of sp³-hybridized carbons (Fsp3) is 0.923. The molecule has 0 aromatic heterocycles. The van der Waals surface area contributed by atoms with Crippen LogP contribution in [0, 0.1) is 11.3 Å². The van der Waals surface area contributed by atoms with Crippen molar-refractivity contribution in [1.29, 1.82) is 5.26 Å². The summed E-state index contributed by atoms with van der Waals surface area (Å²) in [5, 5.41) is 12.3. The van der Waals surface area contributed by atoms with E-state index in [1.54, 1.807) is 6.92 Å². The summed E-state index contributed by atoms with van der Waals surface area (Å²) in [5.74, 6) is 0. The maximum atomic E-state index is 12.5. The Morgan fingerprint density at radius 1 is 1.37 bits per heavy atom. The van der Waals surface area contributed by atoms with E-state index in [4.69, 9.17) is 0 Å². The Labute approximate surface area is 112 Å². The lowest BCUT2D eigenvalue weighted by molar-refractivity contribution is -0.147. The molecule has 1 saturated carbocycles. The number of nitriles is 1. The van der Waals surface area contributed by atoms with Gasteiger partial charge in [0.05, 0.1) is 12.6 Å². The highest BCUT2D eigenvalue weighted by Crippen LogP contribution is 2.30. The SMILES string of the molecule is CC(C)NC(C)(C#N)CCN(CC(F)(F)F)C1CC1. The van der Waals surface area contributed by atoms with Crippen molar-refractivity contribution in [2.75, 3.05) is 13.1 Å². The Kier molecular flexibility index (Phi) is 5.22. The molecule has 110 valence electrons. The normalized spacial score (nSPS) is 19.5. The zero-order valence-corrected chi connectivity index (χ0v) is 11.7. The molecule has 19 heavy (non-hydrogen) atoms. The molecule has 1 N–H and O–H groups in total. The van der Waals surface area contributed by atoms with Crippen LogP contribution in [0.1, 0.15) is 40.0 Å². The van der Waals surface area contributed by atoms with Crippen LogP contribution in [-0.2, 0) is 0 Å². The van der Waals surface area contributed by atoms with Crippen LogP contribution in [0.3, 0.4) is 0 Å². The minimum absolute atomic E-state index is 0.0450. The molecule has 0 heterocycles. The highest BCUT2D eigenvalue weighted by Gasteiger charge is 2.38. The van der Waals surface area contributed by atoms with Gasteiger partial charge in [-0.25, -0.2) is 0 Å². The van der Waals surface area contributed by atoms with Gasteiger partial charge in [0.15, 0.2) is 0 Å². The Balaban J connectivity index is 2.53. The lowest BCUT2D eigenvalue weighted by atomic mass is 9.98. The van der Waals surface area contributed by atoms with E-state index >= 15 is 0 Å². The summed E-state index contributed by atoms with van der Waals surface area (Å²) in [6.07, 6.45) is -2.11. The molecular formula is C13H22F3N3. The summed E-state index contributed by atoms with van der Waals surface area (Å²) >= 11 is 0. The predicted molar refractivity (Wildman–Crippen MR) is 67.6 cm³/mol. The number of nitrogens with one attached hydrogen (secondary N) is 1.